The zero-order valence-electron chi connectivity index (χ0n) is 14.7. The highest BCUT2D eigenvalue weighted by molar-refractivity contribution is 6.02. The first-order chi connectivity index (χ1) is 12.9. The van der Waals surface area contributed by atoms with Crippen LogP contribution in [-0.2, 0) is 4.79 Å². The van der Waals surface area contributed by atoms with Crippen LogP contribution in [0.4, 0.5) is 14.5 Å². The molecule has 0 atom stereocenters. The lowest BCUT2D eigenvalue weighted by molar-refractivity contribution is -0.111. The van der Waals surface area contributed by atoms with Gasteiger partial charge in [-0.25, -0.2) is 0 Å². The van der Waals surface area contributed by atoms with Crippen molar-refractivity contribution in [3.8, 4) is 11.5 Å². The summed E-state index contributed by atoms with van der Waals surface area (Å²) >= 11 is 0. The Hall–Kier alpha value is -3.42. The fraction of sp³-hybridized carbons (Fsp3) is 0.158. The second-order valence-electron chi connectivity index (χ2n) is 5.27. The summed E-state index contributed by atoms with van der Waals surface area (Å²) in [5, 5.41) is 5.06. The third-order valence-electron chi connectivity index (χ3n) is 3.47. The zero-order valence-corrected chi connectivity index (χ0v) is 14.7. The monoisotopic (exact) mass is 376 g/mol. The predicted octanol–water partition coefficient (Wildman–Crippen LogP) is 3.31. The fourth-order valence-corrected chi connectivity index (χ4v) is 2.19. The Morgan fingerprint density at radius 2 is 1.78 bits per heavy atom. The average Bonchev–Trinajstić information content (AvgIpc) is 2.66. The number of methoxy groups -OCH3 is 1. The van der Waals surface area contributed by atoms with Crippen molar-refractivity contribution in [2.24, 2.45) is 0 Å². The Labute approximate surface area is 154 Å². The van der Waals surface area contributed by atoms with Crippen LogP contribution in [-0.4, -0.2) is 32.6 Å². The molecule has 0 aliphatic carbocycles. The van der Waals surface area contributed by atoms with E-state index in [1.165, 1.54) is 38.4 Å². The van der Waals surface area contributed by atoms with Crippen LogP contribution >= 0.6 is 0 Å². The van der Waals surface area contributed by atoms with Crippen LogP contribution in [0.25, 0.3) is 6.08 Å². The Balaban J connectivity index is 2.04. The molecule has 6 nitrogen and oxygen atoms in total. The van der Waals surface area contributed by atoms with Crippen molar-refractivity contribution in [1.29, 1.82) is 0 Å². The van der Waals surface area contributed by atoms with Gasteiger partial charge in [0.1, 0.15) is 0 Å². The molecular weight excluding hydrogens is 358 g/mol. The number of carbonyl (C=O) groups excluding carboxylic acids is 2. The van der Waals surface area contributed by atoms with Gasteiger partial charge in [0, 0.05) is 30.4 Å². The second kappa shape index (κ2) is 9.33. The summed E-state index contributed by atoms with van der Waals surface area (Å²) in [7, 11) is 2.86. The van der Waals surface area contributed by atoms with Gasteiger partial charge in [-0.2, -0.15) is 8.78 Å². The number of hydrogen-bond donors (Lipinski definition) is 2. The van der Waals surface area contributed by atoms with Crippen molar-refractivity contribution >= 4 is 23.6 Å². The number of hydrogen-bond acceptors (Lipinski definition) is 4. The van der Waals surface area contributed by atoms with E-state index >= 15 is 0 Å². The minimum atomic E-state index is -3.01. The Morgan fingerprint density at radius 1 is 1.07 bits per heavy atom. The second-order valence-corrected chi connectivity index (χ2v) is 5.27. The first kappa shape index (κ1) is 19.9. The summed E-state index contributed by atoms with van der Waals surface area (Å²) in [5.41, 5.74) is 1.49. The lowest BCUT2D eigenvalue weighted by Crippen LogP contribution is -2.17. The van der Waals surface area contributed by atoms with Gasteiger partial charge >= 0.3 is 6.61 Å². The Bertz CT molecular complexity index is 836. The number of alkyl halides is 2. The van der Waals surface area contributed by atoms with Gasteiger partial charge in [0.05, 0.1) is 7.11 Å². The van der Waals surface area contributed by atoms with Crippen LogP contribution in [0.1, 0.15) is 15.9 Å². The van der Waals surface area contributed by atoms with Gasteiger partial charge in [0.25, 0.3) is 5.91 Å². The standard InChI is InChI=1S/C19H18F2N2O4/c1-22-18(25)13-6-3-12(4-7-13)5-10-17(24)23-14-8-9-15(26-2)16(11-14)27-19(20)21/h3-11,19H,1-2H3,(H,22,25)(H,23,24)/b10-5+. The lowest BCUT2D eigenvalue weighted by atomic mass is 10.1. The highest BCUT2D eigenvalue weighted by Crippen LogP contribution is 2.31. The molecule has 0 saturated carbocycles. The van der Waals surface area contributed by atoms with Gasteiger partial charge in [-0.05, 0) is 35.9 Å². The average molecular weight is 376 g/mol. The van der Waals surface area contributed by atoms with E-state index in [1.807, 2.05) is 0 Å². The molecule has 2 aromatic carbocycles. The third kappa shape index (κ3) is 5.81. The Kier molecular flexibility index (Phi) is 6.87. The molecule has 0 bridgehead atoms. The molecule has 142 valence electrons. The smallest absolute Gasteiger partial charge is 0.387 e. The first-order valence-electron chi connectivity index (χ1n) is 7.87. The molecule has 2 amide bonds. The fourth-order valence-electron chi connectivity index (χ4n) is 2.19. The summed E-state index contributed by atoms with van der Waals surface area (Å²) in [5.74, 6) is -0.720. The van der Waals surface area contributed by atoms with Crippen molar-refractivity contribution < 1.29 is 27.8 Å². The summed E-state index contributed by atoms with van der Waals surface area (Å²) in [6.45, 7) is -3.01. The van der Waals surface area contributed by atoms with Crippen molar-refractivity contribution in [3.05, 3.63) is 59.7 Å². The predicted molar refractivity (Wildman–Crippen MR) is 97.1 cm³/mol. The molecule has 0 aliphatic heterocycles. The largest absolute Gasteiger partial charge is 0.493 e. The van der Waals surface area contributed by atoms with Gasteiger partial charge in [0.2, 0.25) is 5.91 Å². The summed E-state index contributed by atoms with van der Waals surface area (Å²) in [6.07, 6.45) is 2.84. The van der Waals surface area contributed by atoms with Gasteiger partial charge in [-0.3, -0.25) is 9.59 Å². The van der Waals surface area contributed by atoms with Crippen LogP contribution in [0.2, 0.25) is 0 Å². The minimum absolute atomic E-state index is 0.125. The number of carbonyl (C=O) groups is 2. The summed E-state index contributed by atoms with van der Waals surface area (Å²) in [6, 6.07) is 10.8. The molecule has 0 unspecified atom stereocenters. The van der Waals surface area contributed by atoms with E-state index in [0.717, 1.165) is 0 Å². The number of anilines is 1. The number of halogens is 2. The van der Waals surface area contributed by atoms with Crippen molar-refractivity contribution in [1.82, 2.24) is 5.32 Å². The lowest BCUT2D eigenvalue weighted by Gasteiger charge is -2.11. The van der Waals surface area contributed by atoms with E-state index in [9.17, 15) is 18.4 Å². The molecule has 0 spiro atoms. The minimum Gasteiger partial charge on any atom is -0.493 e. The number of ether oxygens (including phenoxy) is 2. The van der Waals surface area contributed by atoms with Crippen LogP contribution in [0.3, 0.4) is 0 Å². The molecule has 0 saturated heterocycles. The number of amides is 2. The molecule has 0 aromatic heterocycles. The molecule has 27 heavy (non-hydrogen) atoms. The van der Waals surface area contributed by atoms with Crippen molar-refractivity contribution in [2.45, 2.75) is 6.61 Å². The molecule has 8 heteroatoms. The molecule has 0 fully saturated rings. The maximum Gasteiger partial charge on any atom is 0.387 e. The van der Waals surface area contributed by atoms with E-state index in [2.05, 4.69) is 15.4 Å². The third-order valence-corrected chi connectivity index (χ3v) is 3.47. The number of nitrogens with one attached hydrogen (secondary N) is 2. The van der Waals surface area contributed by atoms with E-state index < -0.39 is 12.5 Å². The van der Waals surface area contributed by atoms with E-state index in [1.54, 1.807) is 30.3 Å². The topological polar surface area (TPSA) is 76.7 Å². The first-order valence-corrected chi connectivity index (χ1v) is 7.87. The number of benzene rings is 2. The van der Waals surface area contributed by atoms with E-state index in [4.69, 9.17) is 4.74 Å². The highest BCUT2D eigenvalue weighted by Gasteiger charge is 2.12. The maximum absolute atomic E-state index is 12.4. The van der Waals surface area contributed by atoms with E-state index in [-0.39, 0.29) is 23.1 Å². The van der Waals surface area contributed by atoms with Crippen LogP contribution < -0.4 is 20.1 Å². The highest BCUT2D eigenvalue weighted by atomic mass is 19.3. The molecule has 0 radical (unpaired) electrons. The molecule has 2 N–H and O–H groups in total. The normalized spacial score (nSPS) is 10.7. The molecule has 2 rings (SSSR count). The van der Waals surface area contributed by atoms with Crippen molar-refractivity contribution in [2.75, 3.05) is 19.5 Å². The van der Waals surface area contributed by atoms with Crippen molar-refractivity contribution in [3.63, 3.8) is 0 Å². The maximum atomic E-state index is 12.4. The molecule has 0 aliphatic rings. The van der Waals surface area contributed by atoms with Crippen LogP contribution in [0.5, 0.6) is 11.5 Å². The summed E-state index contributed by atoms with van der Waals surface area (Å²) in [4.78, 5) is 23.5. The SMILES string of the molecule is CNC(=O)c1ccc(/C=C/C(=O)Nc2ccc(OC)c(OC(F)F)c2)cc1. The number of rotatable bonds is 7. The molecule has 0 heterocycles. The zero-order chi connectivity index (χ0) is 19.8. The van der Waals surface area contributed by atoms with Gasteiger partial charge in [-0.15, -0.1) is 0 Å². The molecule has 2 aromatic rings. The summed E-state index contributed by atoms with van der Waals surface area (Å²) < 4.78 is 34.2. The van der Waals surface area contributed by atoms with E-state index in [0.29, 0.717) is 11.1 Å². The quantitative estimate of drug-likeness (QED) is 0.727. The van der Waals surface area contributed by atoms with Gasteiger partial charge < -0.3 is 20.1 Å². The Morgan fingerprint density at radius 3 is 2.37 bits per heavy atom. The van der Waals surface area contributed by atoms with Gasteiger partial charge in [-0.1, -0.05) is 12.1 Å². The van der Waals surface area contributed by atoms with Gasteiger partial charge in [0.15, 0.2) is 11.5 Å². The van der Waals surface area contributed by atoms with Crippen LogP contribution in [0.15, 0.2) is 48.5 Å². The van der Waals surface area contributed by atoms with Crippen LogP contribution in [0, 0.1) is 0 Å². The molecular formula is C19H18F2N2O4.